The normalized spacial score (nSPS) is 39.9. The zero-order valence-corrected chi connectivity index (χ0v) is 18.1. The number of nitrogens with zero attached hydrogens (tertiary/aromatic N) is 1. The number of carbonyl (C=O) groups excluding carboxylic acids is 3. The Morgan fingerprint density at radius 2 is 1.58 bits per heavy atom. The summed E-state index contributed by atoms with van der Waals surface area (Å²) in [5, 5.41) is 5.98. The Morgan fingerprint density at radius 3 is 2.39 bits per heavy atom. The maximum atomic E-state index is 13.3. The summed E-state index contributed by atoms with van der Waals surface area (Å²) in [5.41, 5.74) is 2.58. The van der Waals surface area contributed by atoms with Crippen molar-refractivity contribution >= 4 is 34.8 Å². The van der Waals surface area contributed by atoms with Crippen molar-refractivity contribution in [2.45, 2.75) is 12.8 Å². The van der Waals surface area contributed by atoms with E-state index in [2.05, 4.69) is 10.6 Å². The minimum absolute atomic E-state index is 0.00849. The highest BCUT2D eigenvalue weighted by Gasteiger charge is 2.81. The van der Waals surface area contributed by atoms with Gasteiger partial charge in [0.2, 0.25) is 11.8 Å². The van der Waals surface area contributed by atoms with Crippen LogP contribution in [0.2, 0.25) is 0 Å². The van der Waals surface area contributed by atoms with Crippen molar-refractivity contribution in [1.29, 1.82) is 0 Å². The van der Waals surface area contributed by atoms with Crippen LogP contribution in [-0.4, -0.2) is 24.3 Å². The molecule has 166 valence electrons. The Kier molecular flexibility index (Phi) is 3.35. The summed E-state index contributed by atoms with van der Waals surface area (Å²) in [6.07, 6.45) is 2.77. The first-order valence-electron chi connectivity index (χ1n) is 12.2. The number of anilines is 3. The molecule has 0 aromatic heterocycles. The second-order valence-electron chi connectivity index (χ2n) is 11.0. The number of hydrogen-bond donors (Lipinski definition) is 2. The topological polar surface area (TPSA) is 78.5 Å². The van der Waals surface area contributed by atoms with Crippen molar-refractivity contribution in [3.05, 3.63) is 54.1 Å². The van der Waals surface area contributed by atoms with E-state index in [0.29, 0.717) is 28.8 Å². The number of nitrogens with one attached hydrogen (secondary N) is 2. The number of rotatable bonds is 3. The molecule has 9 atom stereocenters. The van der Waals surface area contributed by atoms with Gasteiger partial charge in [-0.2, -0.15) is 0 Å². The molecule has 0 saturated heterocycles. The van der Waals surface area contributed by atoms with Gasteiger partial charge >= 0.3 is 0 Å². The molecule has 6 heteroatoms. The molecular weight excluding hydrogens is 414 g/mol. The van der Waals surface area contributed by atoms with Crippen molar-refractivity contribution < 1.29 is 14.4 Å². The quantitative estimate of drug-likeness (QED) is 0.767. The number of fused-ring (bicyclic) bond motifs is 3. The van der Waals surface area contributed by atoms with Crippen LogP contribution in [0.5, 0.6) is 0 Å². The molecule has 5 aliphatic carbocycles. The Hall–Kier alpha value is -3.15. The maximum absolute atomic E-state index is 13.3. The molecule has 2 N–H and O–H groups in total. The molecule has 2 bridgehead atoms. The first kappa shape index (κ1) is 18.3. The van der Waals surface area contributed by atoms with Gasteiger partial charge in [-0.25, -0.2) is 0 Å². The van der Waals surface area contributed by atoms with E-state index in [-0.39, 0.29) is 30.2 Å². The van der Waals surface area contributed by atoms with Crippen molar-refractivity contribution in [3.63, 3.8) is 0 Å². The first-order valence-corrected chi connectivity index (χ1v) is 12.2. The van der Waals surface area contributed by atoms with Crippen LogP contribution in [0.4, 0.5) is 17.1 Å². The standard InChI is InChI=1S/C27H25N3O3/c31-20-11-30(19-4-2-1-3-18(19)29-20)27(33)12-5-7-13(8-6-12)28-26(32)25-22-15-10-16-21-14(15)9-17(22)23(21)24(16)25/h1-8,14-17,21-25H,9-11H2,(H,28,32)(H,29,31). The van der Waals surface area contributed by atoms with Crippen LogP contribution in [0.15, 0.2) is 48.5 Å². The fourth-order valence-electron chi connectivity index (χ4n) is 9.31. The van der Waals surface area contributed by atoms with Crippen LogP contribution in [0, 0.1) is 53.3 Å². The fraction of sp³-hybridized carbons (Fsp3) is 0.444. The van der Waals surface area contributed by atoms with Gasteiger partial charge in [-0.3, -0.25) is 19.3 Å². The highest BCUT2D eigenvalue weighted by Crippen LogP contribution is 2.84. The van der Waals surface area contributed by atoms with E-state index in [9.17, 15) is 14.4 Å². The van der Waals surface area contributed by atoms with Crippen LogP contribution < -0.4 is 15.5 Å². The smallest absolute Gasteiger partial charge is 0.258 e. The van der Waals surface area contributed by atoms with Crippen molar-refractivity contribution in [2.24, 2.45) is 53.3 Å². The highest BCUT2D eigenvalue weighted by atomic mass is 16.2. The third-order valence-electron chi connectivity index (χ3n) is 10.0. The Labute approximate surface area is 191 Å². The minimum Gasteiger partial charge on any atom is -0.326 e. The van der Waals surface area contributed by atoms with Gasteiger partial charge in [0.1, 0.15) is 6.54 Å². The number of hydrogen-bond acceptors (Lipinski definition) is 3. The lowest BCUT2D eigenvalue weighted by atomic mass is 9.57. The van der Waals surface area contributed by atoms with Crippen LogP contribution in [-0.2, 0) is 9.59 Å². The van der Waals surface area contributed by atoms with E-state index in [1.54, 1.807) is 18.2 Å². The van der Waals surface area contributed by atoms with Gasteiger partial charge in [0, 0.05) is 17.2 Å². The van der Waals surface area contributed by atoms with Crippen molar-refractivity contribution in [2.75, 3.05) is 22.1 Å². The van der Waals surface area contributed by atoms with Crippen molar-refractivity contribution in [3.8, 4) is 0 Å². The van der Waals surface area contributed by atoms with Gasteiger partial charge in [-0.05, 0) is 96.6 Å². The fourth-order valence-corrected chi connectivity index (χ4v) is 9.31. The van der Waals surface area contributed by atoms with E-state index in [1.807, 2.05) is 30.3 Å². The van der Waals surface area contributed by atoms with Crippen LogP contribution in [0.25, 0.3) is 0 Å². The minimum atomic E-state index is -0.222. The summed E-state index contributed by atoms with van der Waals surface area (Å²) in [7, 11) is 0. The SMILES string of the molecule is O=C1CN(C(=O)c2ccc(NC(=O)C3C4C5CC6C7C5CC4C7C63)cc2)c2ccccc2N1. The third kappa shape index (κ3) is 2.17. The van der Waals surface area contributed by atoms with Gasteiger partial charge in [0.15, 0.2) is 0 Å². The number of amides is 3. The number of para-hydroxylation sites is 2. The van der Waals surface area contributed by atoms with E-state index in [4.69, 9.17) is 0 Å². The van der Waals surface area contributed by atoms with Gasteiger partial charge in [0.25, 0.3) is 5.91 Å². The average molecular weight is 440 g/mol. The molecule has 0 radical (unpaired) electrons. The summed E-state index contributed by atoms with van der Waals surface area (Å²) in [5.74, 6) is 6.34. The summed E-state index contributed by atoms with van der Waals surface area (Å²) in [6, 6.07) is 14.4. The maximum Gasteiger partial charge on any atom is 0.258 e. The second kappa shape index (κ2) is 6.04. The Bertz CT molecular complexity index is 1230. The molecule has 5 saturated carbocycles. The largest absolute Gasteiger partial charge is 0.326 e. The first-order chi connectivity index (χ1) is 16.1. The van der Waals surface area contributed by atoms with Gasteiger partial charge in [-0.15, -0.1) is 0 Å². The summed E-state index contributed by atoms with van der Waals surface area (Å²) >= 11 is 0. The van der Waals surface area contributed by atoms with Gasteiger partial charge < -0.3 is 10.6 Å². The van der Waals surface area contributed by atoms with Crippen molar-refractivity contribution in [1.82, 2.24) is 0 Å². The lowest BCUT2D eigenvalue weighted by molar-refractivity contribution is -0.127. The zero-order chi connectivity index (χ0) is 22.0. The van der Waals surface area contributed by atoms with E-state index in [0.717, 1.165) is 41.2 Å². The molecule has 2 aromatic rings. The summed E-state index contributed by atoms with van der Waals surface area (Å²) < 4.78 is 0. The summed E-state index contributed by atoms with van der Waals surface area (Å²) in [4.78, 5) is 40.1. The lowest BCUT2D eigenvalue weighted by Gasteiger charge is -2.47. The Morgan fingerprint density at radius 1 is 0.848 bits per heavy atom. The second-order valence-corrected chi connectivity index (χ2v) is 11.0. The summed E-state index contributed by atoms with van der Waals surface area (Å²) in [6.45, 7) is -0.00849. The zero-order valence-electron chi connectivity index (χ0n) is 18.1. The van der Waals surface area contributed by atoms with Crippen LogP contribution in [0.1, 0.15) is 23.2 Å². The number of carbonyl (C=O) groups is 3. The van der Waals surface area contributed by atoms with Crippen LogP contribution in [0.3, 0.4) is 0 Å². The Balaban J connectivity index is 1.01. The molecule has 0 spiro atoms. The lowest BCUT2D eigenvalue weighted by Crippen LogP contribution is -2.47. The molecule has 5 fully saturated rings. The molecular formula is C27H25N3O3. The molecule has 9 unspecified atom stereocenters. The molecule has 2 aromatic carbocycles. The highest BCUT2D eigenvalue weighted by molar-refractivity contribution is 6.15. The monoisotopic (exact) mass is 439 g/mol. The average Bonchev–Trinajstić information content (AvgIpc) is 3.38. The van der Waals surface area contributed by atoms with E-state index < -0.39 is 0 Å². The number of benzene rings is 2. The van der Waals surface area contributed by atoms with Gasteiger partial charge in [0.05, 0.1) is 11.4 Å². The van der Waals surface area contributed by atoms with E-state index >= 15 is 0 Å². The molecule has 33 heavy (non-hydrogen) atoms. The molecule has 3 amide bonds. The predicted octanol–water partition coefficient (Wildman–Crippen LogP) is 3.62. The molecule has 8 rings (SSSR count). The van der Waals surface area contributed by atoms with Gasteiger partial charge in [-0.1, -0.05) is 12.1 Å². The molecule has 1 aliphatic heterocycles. The predicted molar refractivity (Wildman–Crippen MR) is 122 cm³/mol. The van der Waals surface area contributed by atoms with E-state index in [1.165, 1.54) is 17.7 Å². The molecule has 1 heterocycles. The third-order valence-corrected chi connectivity index (χ3v) is 10.0. The molecule has 6 nitrogen and oxygen atoms in total. The molecule has 6 aliphatic rings. The van der Waals surface area contributed by atoms with Crippen LogP contribution >= 0.6 is 0 Å².